The third-order valence-electron chi connectivity index (χ3n) is 3.61. The Morgan fingerprint density at radius 3 is 2.35 bits per heavy atom. The van der Waals surface area contributed by atoms with Crippen LogP contribution >= 0.6 is 0 Å². The molecule has 0 radical (unpaired) electrons. The highest BCUT2D eigenvalue weighted by atomic mass is 16.5. The molecule has 1 aliphatic rings. The van der Waals surface area contributed by atoms with Gasteiger partial charge in [0, 0.05) is 5.54 Å². The van der Waals surface area contributed by atoms with E-state index in [0.29, 0.717) is 0 Å². The predicted molar refractivity (Wildman–Crippen MR) is 71.3 cm³/mol. The Morgan fingerprint density at radius 2 is 1.76 bits per heavy atom. The molecule has 0 aliphatic carbocycles. The Hall–Kier alpha value is -0.860. The summed E-state index contributed by atoms with van der Waals surface area (Å²) < 4.78 is 5.76. The fraction of sp³-hybridized carbons (Fsp3) is 0.600. The molecule has 0 amide bonds. The van der Waals surface area contributed by atoms with Crippen molar-refractivity contribution in [2.75, 3.05) is 13.2 Å². The molecule has 17 heavy (non-hydrogen) atoms. The lowest BCUT2D eigenvalue weighted by Gasteiger charge is -2.44. The van der Waals surface area contributed by atoms with Crippen molar-refractivity contribution < 1.29 is 4.74 Å². The highest BCUT2D eigenvalue weighted by Gasteiger charge is 2.37. The number of hydrogen-bond donors (Lipinski definition) is 1. The molecule has 2 nitrogen and oxygen atoms in total. The summed E-state index contributed by atoms with van der Waals surface area (Å²) in [4.78, 5) is 0. The molecule has 1 aromatic rings. The van der Waals surface area contributed by atoms with E-state index in [9.17, 15) is 0 Å². The standard InChI is InChI=1S/C15H23NO/c1-11-6-7-13(8-12(11)2)15(5)10-17-9-14(3,4)16-15/h6-8,16H,9-10H2,1-5H3. The van der Waals surface area contributed by atoms with Crippen LogP contribution in [-0.4, -0.2) is 18.8 Å². The number of morpholine rings is 1. The maximum Gasteiger partial charge on any atom is 0.0688 e. The van der Waals surface area contributed by atoms with Crippen LogP contribution in [0.3, 0.4) is 0 Å². The van der Waals surface area contributed by atoms with Crippen LogP contribution in [0.25, 0.3) is 0 Å². The highest BCUT2D eigenvalue weighted by molar-refractivity contribution is 5.34. The van der Waals surface area contributed by atoms with Gasteiger partial charge in [-0.25, -0.2) is 0 Å². The Bertz CT molecular complexity index is 425. The van der Waals surface area contributed by atoms with Gasteiger partial charge in [-0.15, -0.1) is 0 Å². The van der Waals surface area contributed by atoms with Gasteiger partial charge in [0.1, 0.15) is 0 Å². The summed E-state index contributed by atoms with van der Waals surface area (Å²) in [5.41, 5.74) is 3.95. The normalized spacial score (nSPS) is 28.1. The fourth-order valence-corrected chi connectivity index (χ4v) is 2.57. The van der Waals surface area contributed by atoms with Gasteiger partial charge in [0.05, 0.1) is 18.8 Å². The van der Waals surface area contributed by atoms with Crippen LogP contribution in [0.4, 0.5) is 0 Å². The first kappa shape index (κ1) is 12.6. The number of rotatable bonds is 1. The van der Waals surface area contributed by atoms with Crippen LogP contribution in [-0.2, 0) is 10.3 Å². The smallest absolute Gasteiger partial charge is 0.0688 e. The molecule has 1 heterocycles. The summed E-state index contributed by atoms with van der Waals surface area (Å²) in [5, 5.41) is 3.71. The Balaban J connectivity index is 2.34. The molecule has 1 atom stereocenters. The summed E-state index contributed by atoms with van der Waals surface area (Å²) in [6.45, 7) is 12.4. The minimum absolute atomic E-state index is 0.0335. The van der Waals surface area contributed by atoms with Gasteiger partial charge in [0.2, 0.25) is 0 Å². The van der Waals surface area contributed by atoms with Crippen LogP contribution < -0.4 is 5.32 Å². The van der Waals surface area contributed by atoms with E-state index in [1.807, 2.05) is 0 Å². The molecule has 94 valence electrons. The summed E-state index contributed by atoms with van der Waals surface area (Å²) in [6.07, 6.45) is 0. The molecule has 1 aliphatic heterocycles. The van der Waals surface area contributed by atoms with E-state index in [4.69, 9.17) is 4.74 Å². The van der Waals surface area contributed by atoms with Crippen LogP contribution in [0.5, 0.6) is 0 Å². The third-order valence-corrected chi connectivity index (χ3v) is 3.61. The average molecular weight is 233 g/mol. The molecule has 1 N–H and O–H groups in total. The van der Waals surface area contributed by atoms with E-state index in [1.54, 1.807) is 0 Å². The maximum absolute atomic E-state index is 5.76. The van der Waals surface area contributed by atoms with Crippen molar-refractivity contribution in [1.29, 1.82) is 0 Å². The van der Waals surface area contributed by atoms with Crippen LogP contribution in [0.15, 0.2) is 18.2 Å². The molecule has 1 aromatic carbocycles. The highest BCUT2D eigenvalue weighted by Crippen LogP contribution is 2.29. The maximum atomic E-state index is 5.76. The first-order valence-electron chi connectivity index (χ1n) is 6.27. The number of aryl methyl sites for hydroxylation is 2. The third kappa shape index (κ3) is 2.53. The molecule has 2 heteroatoms. The molecule has 0 spiro atoms. The van der Waals surface area contributed by atoms with E-state index in [-0.39, 0.29) is 11.1 Å². The van der Waals surface area contributed by atoms with Crippen molar-refractivity contribution >= 4 is 0 Å². The van der Waals surface area contributed by atoms with Crippen molar-refractivity contribution in [2.24, 2.45) is 0 Å². The van der Waals surface area contributed by atoms with Gasteiger partial charge < -0.3 is 4.74 Å². The summed E-state index contributed by atoms with van der Waals surface area (Å²) >= 11 is 0. The first-order valence-corrected chi connectivity index (χ1v) is 6.27. The second kappa shape index (κ2) is 4.11. The van der Waals surface area contributed by atoms with Gasteiger partial charge >= 0.3 is 0 Å². The second-order valence-corrected chi connectivity index (χ2v) is 6.13. The van der Waals surface area contributed by atoms with Gasteiger partial charge in [-0.3, -0.25) is 5.32 Å². The molecule has 2 rings (SSSR count). The SMILES string of the molecule is Cc1ccc(C2(C)COCC(C)(C)N2)cc1C. The lowest BCUT2D eigenvalue weighted by Crippen LogP contribution is -2.60. The minimum Gasteiger partial charge on any atom is -0.377 e. The van der Waals surface area contributed by atoms with Gasteiger partial charge in [0.15, 0.2) is 0 Å². The minimum atomic E-state index is -0.0831. The van der Waals surface area contributed by atoms with E-state index in [0.717, 1.165) is 13.2 Å². The molecule has 1 fully saturated rings. The summed E-state index contributed by atoms with van der Waals surface area (Å²) in [5.74, 6) is 0. The lowest BCUT2D eigenvalue weighted by atomic mass is 9.86. The van der Waals surface area contributed by atoms with Gasteiger partial charge in [-0.05, 0) is 51.3 Å². The van der Waals surface area contributed by atoms with Gasteiger partial charge in [-0.1, -0.05) is 18.2 Å². The molecule has 1 saturated heterocycles. The van der Waals surface area contributed by atoms with Crippen LogP contribution in [0, 0.1) is 13.8 Å². The van der Waals surface area contributed by atoms with Gasteiger partial charge in [0.25, 0.3) is 0 Å². The Labute approximate surface area is 104 Å². The zero-order chi connectivity index (χ0) is 12.7. The number of nitrogens with one attached hydrogen (secondary N) is 1. The topological polar surface area (TPSA) is 21.3 Å². The van der Waals surface area contributed by atoms with Crippen molar-refractivity contribution in [3.05, 3.63) is 34.9 Å². The summed E-state index contributed by atoms with van der Waals surface area (Å²) in [6, 6.07) is 6.67. The molecule has 0 bridgehead atoms. The fourth-order valence-electron chi connectivity index (χ4n) is 2.57. The van der Waals surface area contributed by atoms with Crippen LogP contribution in [0.1, 0.15) is 37.5 Å². The quantitative estimate of drug-likeness (QED) is 0.805. The molecular weight excluding hydrogens is 210 g/mol. The number of ether oxygens (including phenoxy) is 1. The van der Waals surface area contributed by atoms with Crippen molar-refractivity contribution in [3.8, 4) is 0 Å². The lowest BCUT2D eigenvalue weighted by molar-refractivity contribution is -0.0264. The van der Waals surface area contributed by atoms with E-state index in [1.165, 1.54) is 16.7 Å². The molecule has 0 saturated carbocycles. The largest absolute Gasteiger partial charge is 0.377 e. The summed E-state index contributed by atoms with van der Waals surface area (Å²) in [7, 11) is 0. The van der Waals surface area contributed by atoms with E-state index < -0.39 is 0 Å². The molecule has 1 unspecified atom stereocenters. The Morgan fingerprint density at radius 1 is 1.06 bits per heavy atom. The zero-order valence-corrected chi connectivity index (χ0v) is 11.6. The zero-order valence-electron chi connectivity index (χ0n) is 11.6. The number of benzene rings is 1. The first-order chi connectivity index (χ1) is 7.82. The van der Waals surface area contributed by atoms with Crippen molar-refractivity contribution in [3.63, 3.8) is 0 Å². The monoisotopic (exact) mass is 233 g/mol. The van der Waals surface area contributed by atoms with Crippen molar-refractivity contribution in [1.82, 2.24) is 5.32 Å². The van der Waals surface area contributed by atoms with Gasteiger partial charge in [-0.2, -0.15) is 0 Å². The molecular formula is C15H23NO. The van der Waals surface area contributed by atoms with Crippen LogP contribution in [0.2, 0.25) is 0 Å². The number of hydrogen-bond acceptors (Lipinski definition) is 2. The van der Waals surface area contributed by atoms with E-state index in [2.05, 4.69) is 58.1 Å². The Kier molecular flexibility index (Phi) is 3.04. The van der Waals surface area contributed by atoms with Crippen molar-refractivity contribution in [2.45, 2.75) is 45.7 Å². The average Bonchev–Trinajstić information content (AvgIpc) is 2.20. The second-order valence-electron chi connectivity index (χ2n) is 6.13. The predicted octanol–water partition coefficient (Wildman–Crippen LogP) is 2.92. The van der Waals surface area contributed by atoms with E-state index >= 15 is 0 Å². The molecule has 0 aromatic heterocycles.